The Labute approximate surface area is 97.4 Å². The summed E-state index contributed by atoms with van der Waals surface area (Å²) in [5.41, 5.74) is 0.254. The van der Waals surface area contributed by atoms with Gasteiger partial charge >= 0.3 is 0 Å². The van der Waals surface area contributed by atoms with Crippen LogP contribution in [0.1, 0.15) is 37.2 Å². The summed E-state index contributed by atoms with van der Waals surface area (Å²) in [6.45, 7) is 0. The molecule has 0 aliphatic heterocycles. The molecule has 1 aromatic rings. The normalized spacial score (nSPS) is 25.8. The van der Waals surface area contributed by atoms with Gasteiger partial charge in [0.15, 0.2) is 17.5 Å². The summed E-state index contributed by atoms with van der Waals surface area (Å²) in [5.74, 6) is -3.67. The molecule has 4 heteroatoms. The standard InChI is InChI=1S/C12H12ClF3/c13-8-3-1-2-7(6-8)9-4-5-10(14)12(16)11(9)15/h4-5,7-8H,1-3,6H2. The average molecular weight is 249 g/mol. The van der Waals surface area contributed by atoms with Crippen molar-refractivity contribution in [2.45, 2.75) is 37.0 Å². The van der Waals surface area contributed by atoms with E-state index in [0.717, 1.165) is 25.3 Å². The Bertz CT molecular complexity index is 392. The third-order valence-electron chi connectivity index (χ3n) is 3.12. The fraction of sp³-hybridized carbons (Fsp3) is 0.500. The summed E-state index contributed by atoms with van der Waals surface area (Å²) >= 11 is 5.99. The van der Waals surface area contributed by atoms with Crippen molar-refractivity contribution in [2.24, 2.45) is 0 Å². The Hall–Kier alpha value is -0.700. The number of rotatable bonds is 1. The minimum atomic E-state index is -1.38. The molecule has 0 N–H and O–H groups in total. The van der Waals surface area contributed by atoms with Gasteiger partial charge in [0.25, 0.3) is 0 Å². The number of alkyl halides is 1. The molecular weight excluding hydrogens is 237 g/mol. The smallest absolute Gasteiger partial charge is 0.194 e. The maximum Gasteiger partial charge on any atom is 0.194 e. The molecule has 0 radical (unpaired) electrons. The Kier molecular flexibility index (Phi) is 3.43. The van der Waals surface area contributed by atoms with Crippen LogP contribution in [0.4, 0.5) is 13.2 Å². The van der Waals surface area contributed by atoms with Crippen molar-refractivity contribution in [3.63, 3.8) is 0 Å². The molecule has 0 saturated heterocycles. The lowest BCUT2D eigenvalue weighted by atomic mass is 9.83. The first-order valence-corrected chi connectivity index (χ1v) is 5.80. The molecule has 0 nitrogen and oxygen atoms in total. The van der Waals surface area contributed by atoms with Crippen LogP contribution in [0.3, 0.4) is 0 Å². The molecule has 0 amide bonds. The molecule has 1 fully saturated rings. The van der Waals surface area contributed by atoms with Crippen LogP contribution in [-0.2, 0) is 0 Å². The first kappa shape index (κ1) is 11.8. The molecule has 1 aliphatic rings. The van der Waals surface area contributed by atoms with Crippen molar-refractivity contribution in [2.75, 3.05) is 0 Å². The first-order chi connectivity index (χ1) is 7.59. The zero-order chi connectivity index (χ0) is 11.7. The molecule has 0 bridgehead atoms. The van der Waals surface area contributed by atoms with Gasteiger partial charge in [-0.1, -0.05) is 12.5 Å². The maximum absolute atomic E-state index is 13.5. The summed E-state index contributed by atoms with van der Waals surface area (Å²) in [5, 5.41) is 0.00580. The summed E-state index contributed by atoms with van der Waals surface area (Å²) in [6, 6.07) is 2.30. The Morgan fingerprint density at radius 1 is 1.06 bits per heavy atom. The van der Waals surface area contributed by atoms with Crippen LogP contribution in [0.25, 0.3) is 0 Å². The zero-order valence-corrected chi connectivity index (χ0v) is 9.41. The maximum atomic E-state index is 13.5. The fourth-order valence-electron chi connectivity index (χ4n) is 2.27. The molecule has 2 rings (SSSR count). The van der Waals surface area contributed by atoms with Crippen LogP contribution in [0.5, 0.6) is 0 Å². The van der Waals surface area contributed by atoms with Crippen molar-refractivity contribution in [1.82, 2.24) is 0 Å². The molecule has 1 aliphatic carbocycles. The van der Waals surface area contributed by atoms with Gasteiger partial charge in [0.1, 0.15) is 0 Å². The minimum absolute atomic E-state index is 0.00580. The van der Waals surface area contributed by atoms with Crippen molar-refractivity contribution < 1.29 is 13.2 Å². The highest BCUT2D eigenvalue weighted by atomic mass is 35.5. The zero-order valence-electron chi connectivity index (χ0n) is 8.65. The Morgan fingerprint density at radius 2 is 1.81 bits per heavy atom. The lowest BCUT2D eigenvalue weighted by Crippen LogP contribution is -2.15. The summed E-state index contributed by atoms with van der Waals surface area (Å²) in [7, 11) is 0. The fourth-order valence-corrected chi connectivity index (χ4v) is 2.64. The number of benzene rings is 1. The van der Waals surface area contributed by atoms with E-state index in [9.17, 15) is 13.2 Å². The predicted molar refractivity (Wildman–Crippen MR) is 57.2 cm³/mol. The second-order valence-electron chi connectivity index (χ2n) is 4.23. The van der Waals surface area contributed by atoms with E-state index in [1.54, 1.807) is 0 Å². The van der Waals surface area contributed by atoms with E-state index in [-0.39, 0.29) is 16.9 Å². The van der Waals surface area contributed by atoms with E-state index >= 15 is 0 Å². The quantitative estimate of drug-likeness (QED) is 0.511. The van der Waals surface area contributed by atoms with E-state index in [2.05, 4.69) is 0 Å². The second-order valence-corrected chi connectivity index (χ2v) is 4.84. The van der Waals surface area contributed by atoms with Crippen molar-refractivity contribution in [1.29, 1.82) is 0 Å². The van der Waals surface area contributed by atoms with Gasteiger partial charge in [-0.05, 0) is 36.8 Å². The van der Waals surface area contributed by atoms with E-state index in [0.29, 0.717) is 6.42 Å². The number of hydrogen-bond acceptors (Lipinski definition) is 0. The van der Waals surface area contributed by atoms with Gasteiger partial charge in [0.2, 0.25) is 0 Å². The molecule has 1 aromatic carbocycles. The topological polar surface area (TPSA) is 0 Å². The molecule has 0 aromatic heterocycles. The van der Waals surface area contributed by atoms with Gasteiger partial charge in [0.05, 0.1) is 0 Å². The first-order valence-electron chi connectivity index (χ1n) is 5.37. The van der Waals surface area contributed by atoms with Gasteiger partial charge in [-0.25, -0.2) is 13.2 Å². The summed E-state index contributed by atoms with van der Waals surface area (Å²) < 4.78 is 39.3. The molecule has 88 valence electrons. The van der Waals surface area contributed by atoms with Crippen LogP contribution in [0.2, 0.25) is 0 Å². The van der Waals surface area contributed by atoms with E-state index < -0.39 is 17.5 Å². The van der Waals surface area contributed by atoms with Gasteiger partial charge in [0, 0.05) is 5.38 Å². The van der Waals surface area contributed by atoms with E-state index in [1.807, 2.05) is 0 Å². The Balaban J connectivity index is 2.29. The predicted octanol–water partition coefficient (Wildman–Crippen LogP) is 4.37. The van der Waals surface area contributed by atoms with Crippen molar-refractivity contribution >= 4 is 11.6 Å². The molecule has 0 spiro atoms. The summed E-state index contributed by atoms with van der Waals surface area (Å²) in [6.07, 6.45) is 3.22. The van der Waals surface area contributed by atoms with Crippen LogP contribution in [0, 0.1) is 17.5 Å². The third-order valence-corrected chi connectivity index (χ3v) is 3.51. The number of hydrogen-bond donors (Lipinski definition) is 0. The molecule has 2 unspecified atom stereocenters. The van der Waals surface area contributed by atoms with Gasteiger partial charge in [-0.3, -0.25) is 0 Å². The lowest BCUT2D eigenvalue weighted by Gasteiger charge is -2.26. The highest BCUT2D eigenvalue weighted by Gasteiger charge is 2.26. The van der Waals surface area contributed by atoms with Crippen LogP contribution in [0.15, 0.2) is 12.1 Å². The van der Waals surface area contributed by atoms with Gasteiger partial charge < -0.3 is 0 Å². The van der Waals surface area contributed by atoms with Crippen LogP contribution in [-0.4, -0.2) is 5.38 Å². The lowest BCUT2D eigenvalue weighted by molar-refractivity contribution is 0.404. The van der Waals surface area contributed by atoms with Crippen LogP contribution >= 0.6 is 11.6 Å². The average Bonchev–Trinajstić information content (AvgIpc) is 2.26. The van der Waals surface area contributed by atoms with Crippen LogP contribution < -0.4 is 0 Å². The molecule has 2 atom stereocenters. The monoisotopic (exact) mass is 248 g/mol. The molecular formula is C12H12ClF3. The highest BCUT2D eigenvalue weighted by molar-refractivity contribution is 6.20. The Morgan fingerprint density at radius 3 is 2.50 bits per heavy atom. The van der Waals surface area contributed by atoms with Crippen molar-refractivity contribution in [3.8, 4) is 0 Å². The molecule has 0 heterocycles. The number of halogens is 4. The highest BCUT2D eigenvalue weighted by Crippen LogP contribution is 2.36. The largest absolute Gasteiger partial charge is 0.204 e. The molecule has 16 heavy (non-hydrogen) atoms. The van der Waals surface area contributed by atoms with Gasteiger partial charge in [-0.2, -0.15) is 0 Å². The van der Waals surface area contributed by atoms with Gasteiger partial charge in [-0.15, -0.1) is 11.6 Å². The van der Waals surface area contributed by atoms with E-state index in [4.69, 9.17) is 11.6 Å². The molecule has 1 saturated carbocycles. The second kappa shape index (κ2) is 4.66. The SMILES string of the molecule is Fc1ccc(C2CCCC(Cl)C2)c(F)c1F. The third kappa shape index (κ3) is 2.19. The minimum Gasteiger partial charge on any atom is -0.204 e. The summed E-state index contributed by atoms with van der Waals surface area (Å²) in [4.78, 5) is 0. The van der Waals surface area contributed by atoms with E-state index in [1.165, 1.54) is 6.07 Å². The van der Waals surface area contributed by atoms with Crippen molar-refractivity contribution in [3.05, 3.63) is 35.1 Å².